The maximum Gasteiger partial charge on any atom is 0.327 e. The molecule has 1 aromatic rings. The predicted octanol–water partition coefficient (Wildman–Crippen LogP) is 2.04. The molecule has 1 atom stereocenters. The third-order valence-corrected chi connectivity index (χ3v) is 2.24. The van der Waals surface area contributed by atoms with Gasteiger partial charge < -0.3 is 5.73 Å². The summed E-state index contributed by atoms with van der Waals surface area (Å²) < 4.78 is 14.8. The van der Waals surface area contributed by atoms with Gasteiger partial charge in [-0.1, -0.05) is 30.3 Å². The average Bonchev–Trinajstić information content (AvgIpc) is 2.16. The van der Waals surface area contributed by atoms with Crippen LogP contribution in [0.1, 0.15) is 5.56 Å². The van der Waals surface area contributed by atoms with Crippen molar-refractivity contribution in [2.75, 3.05) is 6.61 Å². The highest BCUT2D eigenvalue weighted by atomic mass is 32.1. The van der Waals surface area contributed by atoms with Gasteiger partial charge in [-0.15, -0.1) is 0 Å². The van der Waals surface area contributed by atoms with E-state index in [0.717, 1.165) is 5.56 Å². The highest BCUT2D eigenvalue weighted by Gasteiger charge is 2.20. The maximum absolute atomic E-state index is 10.1. The second-order valence-electron chi connectivity index (χ2n) is 3.11. The molecule has 0 aliphatic heterocycles. The molecule has 1 unspecified atom stereocenters. The van der Waals surface area contributed by atoms with E-state index in [-0.39, 0.29) is 15.3 Å². The smallest absolute Gasteiger partial charge is 0.315 e. The molecule has 0 aliphatic carbocycles. The van der Waals surface area contributed by atoms with Crippen molar-refractivity contribution in [1.29, 1.82) is 0 Å². The van der Waals surface area contributed by atoms with Crippen LogP contribution in [0.2, 0.25) is 0 Å². The minimum atomic E-state index is -0.779. The van der Waals surface area contributed by atoms with E-state index >= 15 is 0 Å². The molecule has 0 radical (unpaired) electrons. The summed E-state index contributed by atoms with van der Waals surface area (Å²) >= 11 is 4.24. The lowest BCUT2D eigenvalue weighted by molar-refractivity contribution is 0.295. The zero-order valence-electron chi connectivity index (χ0n) is 7.59. The van der Waals surface area contributed by atoms with Gasteiger partial charge in [0.05, 0.1) is 11.5 Å². The Labute approximate surface area is 90.3 Å². The van der Waals surface area contributed by atoms with Gasteiger partial charge in [0, 0.05) is 6.42 Å². The molecule has 0 saturated heterocycles. The minimum absolute atomic E-state index is 0.149. The number of hydrogen-bond acceptors (Lipinski definition) is 4. The van der Waals surface area contributed by atoms with E-state index in [0.29, 0.717) is 6.42 Å². The molecule has 0 spiro atoms. The Bertz CT molecular complexity index is 292. The molecule has 5 heteroatoms. The summed E-state index contributed by atoms with van der Waals surface area (Å²) in [5.74, 6) is 0. The highest BCUT2D eigenvalue weighted by Crippen LogP contribution is 2.16. The Morgan fingerprint density at radius 2 is 2.07 bits per heavy atom. The molecule has 0 aromatic heterocycles. The fourth-order valence-electron chi connectivity index (χ4n) is 1.14. The predicted molar refractivity (Wildman–Crippen MR) is 59.6 cm³/mol. The summed E-state index contributed by atoms with van der Waals surface area (Å²) in [4.78, 5) is -0.779. The normalized spacial score (nSPS) is 15.3. The molecular formula is C9H12NO2PS. The average molecular weight is 229 g/mol. The molecule has 0 heterocycles. The van der Waals surface area contributed by atoms with Gasteiger partial charge >= 0.3 is 8.69 Å². The quantitative estimate of drug-likeness (QED) is 0.461. The first-order valence-electron chi connectivity index (χ1n) is 4.14. The first-order valence-corrected chi connectivity index (χ1v) is 5.31. The molecule has 14 heavy (non-hydrogen) atoms. The van der Waals surface area contributed by atoms with Crippen LogP contribution in [-0.4, -0.2) is 11.5 Å². The summed E-state index contributed by atoms with van der Waals surface area (Å²) in [6.45, 7) is 0.149. The van der Waals surface area contributed by atoms with E-state index in [1.54, 1.807) is 0 Å². The van der Waals surface area contributed by atoms with Crippen LogP contribution in [0.3, 0.4) is 0 Å². The third kappa shape index (κ3) is 4.20. The van der Waals surface area contributed by atoms with Crippen LogP contribution in [0.25, 0.3) is 0 Å². The summed E-state index contributed by atoms with van der Waals surface area (Å²) in [7, 11) is -0.363. The van der Waals surface area contributed by atoms with Crippen LogP contribution in [0.5, 0.6) is 0 Å². The monoisotopic (exact) mass is 229 g/mol. The summed E-state index contributed by atoms with van der Waals surface area (Å²) in [6.07, 6.45) is 0.576. The fourth-order valence-corrected chi connectivity index (χ4v) is 1.77. The SMILES string of the molecule is NC(S)(COP=O)Cc1ccccc1. The van der Waals surface area contributed by atoms with Crippen molar-refractivity contribution in [2.24, 2.45) is 5.73 Å². The molecule has 0 aliphatic rings. The van der Waals surface area contributed by atoms with Gasteiger partial charge in [0.25, 0.3) is 0 Å². The second kappa shape index (κ2) is 5.47. The Morgan fingerprint density at radius 1 is 1.43 bits per heavy atom. The molecule has 2 N–H and O–H groups in total. The molecule has 1 rings (SSSR count). The first kappa shape index (κ1) is 11.7. The van der Waals surface area contributed by atoms with Crippen molar-refractivity contribution in [3.8, 4) is 0 Å². The molecule has 1 aromatic carbocycles. The lowest BCUT2D eigenvalue weighted by Crippen LogP contribution is -2.40. The molecule has 76 valence electrons. The maximum atomic E-state index is 10.1. The van der Waals surface area contributed by atoms with E-state index < -0.39 is 4.87 Å². The molecule has 0 amide bonds. The van der Waals surface area contributed by atoms with E-state index in [1.165, 1.54) is 0 Å². The van der Waals surface area contributed by atoms with Gasteiger partial charge in [-0.2, -0.15) is 12.6 Å². The van der Waals surface area contributed by atoms with Crippen molar-refractivity contribution >= 4 is 21.3 Å². The Kier molecular flexibility index (Phi) is 4.55. The minimum Gasteiger partial charge on any atom is -0.315 e. The highest BCUT2D eigenvalue weighted by molar-refractivity contribution is 7.81. The largest absolute Gasteiger partial charge is 0.327 e. The van der Waals surface area contributed by atoms with E-state index in [2.05, 4.69) is 17.2 Å². The number of benzene rings is 1. The van der Waals surface area contributed by atoms with Crippen molar-refractivity contribution in [3.05, 3.63) is 35.9 Å². The van der Waals surface area contributed by atoms with Crippen LogP contribution in [0.4, 0.5) is 0 Å². The van der Waals surface area contributed by atoms with Crippen molar-refractivity contribution in [1.82, 2.24) is 0 Å². The lowest BCUT2D eigenvalue weighted by atomic mass is 10.1. The molecule has 0 bridgehead atoms. The van der Waals surface area contributed by atoms with Crippen molar-refractivity contribution < 1.29 is 9.09 Å². The summed E-state index contributed by atoms with van der Waals surface area (Å²) in [5, 5.41) is 0. The van der Waals surface area contributed by atoms with Crippen LogP contribution in [-0.2, 0) is 15.5 Å². The molecular weight excluding hydrogens is 217 g/mol. The van der Waals surface area contributed by atoms with Crippen LogP contribution >= 0.6 is 21.3 Å². The van der Waals surface area contributed by atoms with Crippen LogP contribution in [0.15, 0.2) is 30.3 Å². The Morgan fingerprint density at radius 3 is 2.64 bits per heavy atom. The van der Waals surface area contributed by atoms with Gasteiger partial charge in [0.2, 0.25) is 0 Å². The molecule has 0 fully saturated rings. The standard InChI is InChI=1S/C9H12NO2PS/c10-9(14,7-12-13-11)6-8-4-2-1-3-5-8/h1-5,14H,6-7,10H2. The van der Waals surface area contributed by atoms with Gasteiger partial charge in [-0.05, 0) is 5.56 Å². The van der Waals surface area contributed by atoms with Crippen LogP contribution < -0.4 is 5.73 Å². The van der Waals surface area contributed by atoms with Gasteiger partial charge in [0.1, 0.15) is 0 Å². The van der Waals surface area contributed by atoms with Crippen molar-refractivity contribution in [3.63, 3.8) is 0 Å². The third-order valence-electron chi connectivity index (χ3n) is 1.72. The second-order valence-corrected chi connectivity index (χ2v) is 4.41. The number of nitrogens with two attached hydrogens (primary N) is 1. The van der Waals surface area contributed by atoms with E-state index in [9.17, 15) is 4.57 Å². The first-order chi connectivity index (χ1) is 6.64. The Balaban J connectivity index is 2.54. The summed E-state index contributed by atoms with van der Waals surface area (Å²) in [5.41, 5.74) is 6.91. The van der Waals surface area contributed by atoms with Crippen LogP contribution in [0, 0.1) is 0 Å². The van der Waals surface area contributed by atoms with E-state index in [1.807, 2.05) is 30.3 Å². The van der Waals surface area contributed by atoms with Gasteiger partial charge in [-0.25, -0.2) is 4.57 Å². The zero-order chi connectivity index (χ0) is 10.4. The van der Waals surface area contributed by atoms with Gasteiger partial charge in [0.15, 0.2) is 0 Å². The van der Waals surface area contributed by atoms with Gasteiger partial charge in [-0.3, -0.25) is 4.52 Å². The number of rotatable bonds is 5. The molecule has 3 nitrogen and oxygen atoms in total. The van der Waals surface area contributed by atoms with E-state index in [4.69, 9.17) is 5.73 Å². The fraction of sp³-hybridized carbons (Fsp3) is 0.333. The lowest BCUT2D eigenvalue weighted by Gasteiger charge is -2.21. The Hall–Kier alpha value is -0.410. The topological polar surface area (TPSA) is 52.3 Å². The summed E-state index contributed by atoms with van der Waals surface area (Å²) in [6, 6.07) is 9.74. The number of hydrogen-bond donors (Lipinski definition) is 2. The van der Waals surface area contributed by atoms with Crippen molar-refractivity contribution in [2.45, 2.75) is 11.3 Å². The molecule has 0 saturated carbocycles. The zero-order valence-corrected chi connectivity index (χ0v) is 9.38. The number of thiol groups is 1.